The van der Waals surface area contributed by atoms with Gasteiger partial charge < -0.3 is 9.47 Å². The van der Waals surface area contributed by atoms with Crippen molar-refractivity contribution >= 4 is 23.9 Å². The summed E-state index contributed by atoms with van der Waals surface area (Å²) in [6, 6.07) is 19.3. The lowest BCUT2D eigenvalue weighted by Gasteiger charge is -2.51. The molecule has 6 unspecified atom stereocenters. The molecule has 5 aliphatic rings. The Hall–Kier alpha value is -3.54. The van der Waals surface area contributed by atoms with Gasteiger partial charge in [0.1, 0.15) is 0 Å². The van der Waals surface area contributed by atoms with Crippen molar-refractivity contribution in [2.75, 3.05) is 0 Å². The van der Waals surface area contributed by atoms with E-state index in [0.717, 1.165) is 11.1 Å². The molecule has 148 valence electrons. The Bertz CT molecular complexity index is 1060. The molecule has 1 saturated carbocycles. The average molecular weight is 400 g/mol. The molecule has 2 aliphatic heterocycles. The predicted molar refractivity (Wildman–Crippen MR) is 102 cm³/mol. The largest absolute Gasteiger partial charge is 0.393 e. The van der Waals surface area contributed by atoms with Crippen LogP contribution in [0.5, 0.6) is 0 Å². The standard InChI is InChI=1S/C24H16O6/c25-21-17-15-13(11-7-3-1-4-8-11)14(12-9-5-2-6-10-12)16(19(17)23(27)29-21)20-18(15)22(26)30-24(20)28/h1-10,13-17,19H. The van der Waals surface area contributed by atoms with Gasteiger partial charge in [0.15, 0.2) is 0 Å². The molecule has 30 heavy (non-hydrogen) atoms. The maximum Gasteiger partial charge on any atom is 0.342 e. The predicted octanol–water partition coefficient (Wildman–Crippen LogP) is 2.51. The van der Waals surface area contributed by atoms with Gasteiger partial charge in [-0.15, -0.1) is 0 Å². The molecule has 2 bridgehead atoms. The normalized spacial score (nSPS) is 34.0. The molecular weight excluding hydrogens is 384 g/mol. The Kier molecular flexibility index (Phi) is 3.46. The number of carbonyl (C=O) groups excluding carboxylic acids is 4. The van der Waals surface area contributed by atoms with Gasteiger partial charge in [-0.25, -0.2) is 9.59 Å². The summed E-state index contributed by atoms with van der Waals surface area (Å²) in [4.78, 5) is 50.7. The van der Waals surface area contributed by atoms with E-state index in [1.54, 1.807) is 0 Å². The van der Waals surface area contributed by atoms with Crippen LogP contribution in [0.4, 0.5) is 0 Å². The van der Waals surface area contributed by atoms with Crippen molar-refractivity contribution in [2.24, 2.45) is 23.7 Å². The third kappa shape index (κ3) is 2.08. The third-order valence-corrected chi connectivity index (χ3v) is 7.02. The number of hydrogen-bond acceptors (Lipinski definition) is 6. The van der Waals surface area contributed by atoms with Crippen LogP contribution in [0.2, 0.25) is 0 Å². The topological polar surface area (TPSA) is 86.7 Å². The van der Waals surface area contributed by atoms with Gasteiger partial charge in [0.25, 0.3) is 0 Å². The van der Waals surface area contributed by atoms with E-state index in [1.165, 1.54) is 0 Å². The fraction of sp³-hybridized carbons (Fsp3) is 0.250. The second-order valence-electron chi connectivity index (χ2n) is 8.22. The number of esters is 4. The van der Waals surface area contributed by atoms with E-state index in [2.05, 4.69) is 0 Å². The van der Waals surface area contributed by atoms with Crippen LogP contribution in [0.25, 0.3) is 0 Å². The second-order valence-corrected chi connectivity index (χ2v) is 8.22. The number of benzene rings is 2. The van der Waals surface area contributed by atoms with Crippen LogP contribution >= 0.6 is 0 Å². The molecule has 2 aromatic carbocycles. The van der Waals surface area contributed by atoms with Crippen molar-refractivity contribution < 1.29 is 28.7 Å². The van der Waals surface area contributed by atoms with Crippen LogP contribution in [0.3, 0.4) is 0 Å². The minimum Gasteiger partial charge on any atom is -0.393 e. The van der Waals surface area contributed by atoms with E-state index in [4.69, 9.17) is 9.47 Å². The van der Waals surface area contributed by atoms with Gasteiger partial charge in [-0.2, -0.15) is 0 Å². The molecule has 0 N–H and O–H groups in total. The lowest BCUT2D eigenvalue weighted by molar-refractivity contribution is -0.154. The highest BCUT2D eigenvalue weighted by Gasteiger charge is 2.69. The van der Waals surface area contributed by atoms with Crippen LogP contribution < -0.4 is 0 Å². The van der Waals surface area contributed by atoms with E-state index in [9.17, 15) is 19.2 Å². The summed E-state index contributed by atoms with van der Waals surface area (Å²) >= 11 is 0. The summed E-state index contributed by atoms with van der Waals surface area (Å²) in [6.07, 6.45) is 0. The molecule has 1 saturated heterocycles. The van der Waals surface area contributed by atoms with Crippen molar-refractivity contribution in [2.45, 2.75) is 11.8 Å². The Morgan fingerprint density at radius 3 is 1.27 bits per heavy atom. The molecule has 0 spiro atoms. The van der Waals surface area contributed by atoms with E-state index in [0.29, 0.717) is 0 Å². The van der Waals surface area contributed by atoms with E-state index in [1.807, 2.05) is 60.7 Å². The van der Waals surface area contributed by atoms with Crippen molar-refractivity contribution in [3.63, 3.8) is 0 Å². The zero-order valence-electron chi connectivity index (χ0n) is 15.7. The van der Waals surface area contributed by atoms with Gasteiger partial charge in [-0.1, -0.05) is 60.7 Å². The molecule has 6 nitrogen and oxygen atoms in total. The highest BCUT2D eigenvalue weighted by Crippen LogP contribution is 2.66. The quantitative estimate of drug-likeness (QED) is 0.569. The number of hydrogen-bond donors (Lipinski definition) is 0. The summed E-state index contributed by atoms with van der Waals surface area (Å²) in [5.41, 5.74) is 2.40. The van der Waals surface area contributed by atoms with Crippen LogP contribution in [0.15, 0.2) is 71.8 Å². The van der Waals surface area contributed by atoms with Crippen molar-refractivity contribution in [3.05, 3.63) is 82.9 Å². The first kappa shape index (κ1) is 17.3. The number of fused-ring (bicyclic) bond motifs is 1. The van der Waals surface area contributed by atoms with Gasteiger partial charge in [0.2, 0.25) is 0 Å². The first-order chi connectivity index (χ1) is 14.6. The van der Waals surface area contributed by atoms with E-state index >= 15 is 0 Å². The SMILES string of the molecule is O=C1OC(=O)C2=C1C1C3C(=O)OC(=O)C3C2C(c2ccccc2)C1c1ccccc1. The third-order valence-electron chi connectivity index (χ3n) is 7.02. The van der Waals surface area contributed by atoms with Gasteiger partial charge in [0.05, 0.1) is 23.0 Å². The zero-order valence-corrected chi connectivity index (χ0v) is 15.7. The minimum atomic E-state index is -0.787. The smallest absolute Gasteiger partial charge is 0.342 e. The zero-order chi connectivity index (χ0) is 20.6. The summed E-state index contributed by atoms with van der Waals surface area (Å²) in [6.45, 7) is 0. The molecule has 6 atom stereocenters. The van der Waals surface area contributed by atoms with Crippen molar-refractivity contribution in [3.8, 4) is 0 Å². The Morgan fingerprint density at radius 1 is 0.467 bits per heavy atom. The average Bonchev–Trinajstić information content (AvgIpc) is 3.25. The second kappa shape index (κ2) is 5.98. The summed E-state index contributed by atoms with van der Waals surface area (Å²) in [5, 5.41) is 0. The van der Waals surface area contributed by atoms with Gasteiger partial charge in [-0.05, 0) is 23.0 Å². The number of carbonyl (C=O) groups is 4. The Balaban J connectivity index is 1.66. The molecule has 2 heterocycles. The van der Waals surface area contributed by atoms with Crippen molar-refractivity contribution in [1.82, 2.24) is 0 Å². The molecule has 2 aromatic rings. The molecule has 6 heteroatoms. The van der Waals surface area contributed by atoms with E-state index in [-0.39, 0.29) is 23.0 Å². The molecule has 0 radical (unpaired) electrons. The number of ether oxygens (including phenoxy) is 2. The summed E-state index contributed by atoms with van der Waals surface area (Å²) < 4.78 is 10.0. The maximum atomic E-state index is 12.7. The maximum absolute atomic E-state index is 12.7. The van der Waals surface area contributed by atoms with Gasteiger partial charge >= 0.3 is 23.9 Å². The molecule has 3 aliphatic carbocycles. The Labute approximate surface area is 171 Å². The minimum absolute atomic E-state index is 0.249. The van der Waals surface area contributed by atoms with Gasteiger partial charge in [-0.3, -0.25) is 9.59 Å². The first-order valence-corrected chi connectivity index (χ1v) is 9.94. The van der Waals surface area contributed by atoms with Crippen LogP contribution in [0.1, 0.15) is 23.0 Å². The van der Waals surface area contributed by atoms with Crippen molar-refractivity contribution in [1.29, 1.82) is 0 Å². The fourth-order valence-electron chi connectivity index (χ4n) is 6.11. The van der Waals surface area contributed by atoms with Gasteiger partial charge in [0, 0.05) is 11.8 Å². The Morgan fingerprint density at radius 2 is 0.867 bits per heavy atom. The summed E-state index contributed by atoms with van der Waals surface area (Å²) in [7, 11) is 0. The lowest BCUT2D eigenvalue weighted by atomic mass is 9.47. The highest BCUT2D eigenvalue weighted by molar-refractivity contribution is 6.15. The molecule has 7 rings (SSSR count). The van der Waals surface area contributed by atoms with Crippen LogP contribution in [0, 0.1) is 23.7 Å². The summed E-state index contributed by atoms with van der Waals surface area (Å²) in [5.74, 6) is -6.06. The molecule has 2 fully saturated rings. The highest BCUT2D eigenvalue weighted by atomic mass is 16.6. The molecular formula is C24H16O6. The number of cyclic esters (lactones) is 4. The fourth-order valence-corrected chi connectivity index (χ4v) is 6.11. The van der Waals surface area contributed by atoms with E-state index < -0.39 is 47.5 Å². The molecule has 0 aromatic heterocycles. The number of rotatable bonds is 2. The monoisotopic (exact) mass is 400 g/mol. The lowest BCUT2D eigenvalue weighted by Crippen LogP contribution is -2.52. The first-order valence-electron chi connectivity index (χ1n) is 9.94. The van der Waals surface area contributed by atoms with Crippen LogP contribution in [-0.2, 0) is 28.7 Å². The van der Waals surface area contributed by atoms with Crippen LogP contribution in [-0.4, -0.2) is 23.9 Å². The molecule has 0 amide bonds.